The highest BCUT2D eigenvalue weighted by Gasteiger charge is 2.16. The van der Waals surface area contributed by atoms with Gasteiger partial charge in [-0.2, -0.15) is 0 Å². The number of methoxy groups -OCH3 is 2. The van der Waals surface area contributed by atoms with E-state index >= 15 is 0 Å². The molecule has 1 unspecified atom stereocenters. The van der Waals surface area contributed by atoms with Crippen LogP contribution in [0.3, 0.4) is 0 Å². The van der Waals surface area contributed by atoms with Crippen molar-refractivity contribution in [2.75, 3.05) is 20.8 Å². The summed E-state index contributed by atoms with van der Waals surface area (Å²) in [5, 5.41) is 9.25. The van der Waals surface area contributed by atoms with E-state index in [1.54, 1.807) is 26.0 Å². The molecule has 0 aromatic heterocycles. The van der Waals surface area contributed by atoms with Crippen molar-refractivity contribution in [3.05, 3.63) is 17.2 Å². The van der Waals surface area contributed by atoms with E-state index in [2.05, 4.69) is 0 Å². The molecule has 0 heterocycles. The van der Waals surface area contributed by atoms with Crippen molar-refractivity contribution in [1.82, 2.24) is 0 Å². The van der Waals surface area contributed by atoms with Crippen molar-refractivity contribution in [3.63, 3.8) is 0 Å². The zero-order valence-electron chi connectivity index (χ0n) is 11.0. The molecule has 0 fully saturated rings. The smallest absolute Gasteiger partial charge is 0.135 e. The normalized spacial score (nSPS) is 12.4. The summed E-state index contributed by atoms with van der Waals surface area (Å²) >= 11 is 1.59. The molecule has 96 valence electrons. The number of aliphatic hydroxyl groups excluding tert-OH is 1. The Labute approximate surface area is 107 Å². The Morgan fingerprint density at radius 1 is 1.24 bits per heavy atom. The average molecular weight is 256 g/mol. The van der Waals surface area contributed by atoms with Gasteiger partial charge in [0.05, 0.1) is 25.7 Å². The summed E-state index contributed by atoms with van der Waals surface area (Å²) in [7, 11) is 3.33. The zero-order valence-corrected chi connectivity index (χ0v) is 11.9. The van der Waals surface area contributed by atoms with E-state index in [0.29, 0.717) is 0 Å². The molecule has 17 heavy (non-hydrogen) atoms. The molecule has 1 aromatic rings. The summed E-state index contributed by atoms with van der Waals surface area (Å²) < 4.78 is 10.8. The Kier molecular flexibility index (Phi) is 5.15. The lowest BCUT2D eigenvalue weighted by molar-refractivity contribution is 0.300. The van der Waals surface area contributed by atoms with Crippen LogP contribution >= 0.6 is 11.8 Å². The standard InChI is InChI=1S/C13H20O3S/c1-8(7-14)17-12-6-11(15-4)9(2)10(3)13(12)16-5/h6,8,14H,7H2,1-5H3. The maximum absolute atomic E-state index is 9.12. The molecule has 1 aromatic carbocycles. The van der Waals surface area contributed by atoms with Crippen LogP contribution in [0, 0.1) is 13.8 Å². The lowest BCUT2D eigenvalue weighted by atomic mass is 10.1. The van der Waals surface area contributed by atoms with Crippen molar-refractivity contribution in [1.29, 1.82) is 0 Å². The fourth-order valence-corrected chi connectivity index (χ4v) is 2.67. The fraction of sp³-hybridized carbons (Fsp3) is 0.538. The summed E-state index contributed by atoms with van der Waals surface area (Å²) in [5.41, 5.74) is 2.17. The van der Waals surface area contributed by atoms with E-state index in [4.69, 9.17) is 14.6 Å². The van der Waals surface area contributed by atoms with Crippen LogP contribution in [0.15, 0.2) is 11.0 Å². The van der Waals surface area contributed by atoms with E-state index in [1.807, 2.05) is 26.8 Å². The van der Waals surface area contributed by atoms with Gasteiger partial charge in [-0.1, -0.05) is 6.92 Å². The Bertz CT molecular complexity index is 391. The second kappa shape index (κ2) is 6.17. The summed E-state index contributed by atoms with van der Waals surface area (Å²) in [6.07, 6.45) is 0. The van der Waals surface area contributed by atoms with Crippen LogP contribution in [0.2, 0.25) is 0 Å². The first kappa shape index (κ1) is 14.2. The van der Waals surface area contributed by atoms with Crippen molar-refractivity contribution in [3.8, 4) is 11.5 Å². The van der Waals surface area contributed by atoms with Gasteiger partial charge < -0.3 is 14.6 Å². The van der Waals surface area contributed by atoms with Gasteiger partial charge in [0.25, 0.3) is 0 Å². The van der Waals surface area contributed by atoms with Gasteiger partial charge in [0.15, 0.2) is 0 Å². The molecule has 0 aliphatic carbocycles. The monoisotopic (exact) mass is 256 g/mol. The van der Waals surface area contributed by atoms with Crippen LogP contribution in [0.4, 0.5) is 0 Å². The third-order valence-electron chi connectivity index (χ3n) is 2.77. The molecule has 4 heteroatoms. The lowest BCUT2D eigenvalue weighted by Gasteiger charge is -2.18. The highest BCUT2D eigenvalue weighted by molar-refractivity contribution is 8.00. The number of ether oxygens (including phenoxy) is 2. The number of rotatable bonds is 5. The number of aliphatic hydroxyl groups is 1. The molecular weight excluding hydrogens is 236 g/mol. The van der Waals surface area contributed by atoms with Crippen molar-refractivity contribution >= 4 is 11.8 Å². The minimum atomic E-state index is 0.135. The highest BCUT2D eigenvalue weighted by atomic mass is 32.2. The average Bonchev–Trinajstić information content (AvgIpc) is 2.33. The largest absolute Gasteiger partial charge is 0.496 e. The van der Waals surface area contributed by atoms with E-state index < -0.39 is 0 Å². The number of hydrogen-bond acceptors (Lipinski definition) is 4. The van der Waals surface area contributed by atoms with Crippen LogP contribution in [-0.4, -0.2) is 31.2 Å². The summed E-state index contributed by atoms with van der Waals surface area (Å²) in [5.74, 6) is 1.73. The quantitative estimate of drug-likeness (QED) is 0.822. The maximum Gasteiger partial charge on any atom is 0.135 e. The molecule has 1 atom stereocenters. The van der Waals surface area contributed by atoms with Gasteiger partial charge in [-0.25, -0.2) is 0 Å². The number of thioether (sulfide) groups is 1. The van der Waals surface area contributed by atoms with Gasteiger partial charge >= 0.3 is 0 Å². The number of hydrogen-bond donors (Lipinski definition) is 1. The molecule has 0 aliphatic rings. The Hall–Kier alpha value is -0.870. The minimum Gasteiger partial charge on any atom is -0.496 e. The molecule has 3 nitrogen and oxygen atoms in total. The van der Waals surface area contributed by atoms with Gasteiger partial charge in [-0.3, -0.25) is 0 Å². The Morgan fingerprint density at radius 3 is 2.35 bits per heavy atom. The van der Waals surface area contributed by atoms with Crippen LogP contribution in [0.5, 0.6) is 11.5 Å². The van der Waals surface area contributed by atoms with Crippen molar-refractivity contribution in [2.45, 2.75) is 30.9 Å². The van der Waals surface area contributed by atoms with Crippen LogP contribution in [-0.2, 0) is 0 Å². The summed E-state index contributed by atoms with van der Waals surface area (Å²) in [6.45, 7) is 6.15. The minimum absolute atomic E-state index is 0.135. The third-order valence-corrected chi connectivity index (χ3v) is 3.88. The van der Waals surface area contributed by atoms with Gasteiger partial charge in [-0.05, 0) is 31.0 Å². The molecule has 1 rings (SSSR count). The molecule has 0 amide bonds. The summed E-state index contributed by atoms with van der Waals surface area (Å²) in [6, 6.07) is 1.97. The Balaban J connectivity index is 3.22. The second-order valence-corrected chi connectivity index (χ2v) is 5.45. The predicted octanol–water partition coefficient (Wildman–Crippen LogP) is 2.79. The van der Waals surface area contributed by atoms with Crippen LogP contribution in [0.1, 0.15) is 18.1 Å². The Morgan fingerprint density at radius 2 is 1.88 bits per heavy atom. The van der Waals surface area contributed by atoms with Crippen molar-refractivity contribution < 1.29 is 14.6 Å². The predicted molar refractivity (Wildman–Crippen MR) is 71.4 cm³/mol. The first-order valence-corrected chi connectivity index (χ1v) is 6.42. The van der Waals surface area contributed by atoms with E-state index in [-0.39, 0.29) is 11.9 Å². The molecular formula is C13H20O3S. The van der Waals surface area contributed by atoms with E-state index in [0.717, 1.165) is 27.5 Å². The lowest BCUT2D eigenvalue weighted by Crippen LogP contribution is -2.04. The van der Waals surface area contributed by atoms with Crippen molar-refractivity contribution in [2.24, 2.45) is 0 Å². The first-order chi connectivity index (χ1) is 8.04. The van der Waals surface area contributed by atoms with Crippen LogP contribution < -0.4 is 9.47 Å². The molecule has 0 aliphatic heterocycles. The SMILES string of the molecule is COc1cc(SC(C)CO)c(OC)c(C)c1C. The molecule has 0 bridgehead atoms. The van der Waals surface area contributed by atoms with Crippen LogP contribution in [0.25, 0.3) is 0 Å². The molecule has 0 saturated carbocycles. The molecule has 1 N–H and O–H groups in total. The number of benzene rings is 1. The molecule has 0 saturated heterocycles. The van der Waals surface area contributed by atoms with Gasteiger partial charge in [0, 0.05) is 5.25 Å². The molecule has 0 radical (unpaired) electrons. The van der Waals surface area contributed by atoms with E-state index in [1.165, 1.54) is 0 Å². The summed E-state index contributed by atoms with van der Waals surface area (Å²) in [4.78, 5) is 1.01. The maximum atomic E-state index is 9.12. The first-order valence-electron chi connectivity index (χ1n) is 5.54. The highest BCUT2D eigenvalue weighted by Crippen LogP contribution is 2.40. The second-order valence-electron chi connectivity index (χ2n) is 3.97. The van der Waals surface area contributed by atoms with E-state index in [9.17, 15) is 0 Å². The van der Waals surface area contributed by atoms with Gasteiger partial charge in [0.2, 0.25) is 0 Å². The molecule has 0 spiro atoms. The third kappa shape index (κ3) is 3.07. The van der Waals surface area contributed by atoms with Gasteiger partial charge in [0.1, 0.15) is 11.5 Å². The topological polar surface area (TPSA) is 38.7 Å². The zero-order chi connectivity index (χ0) is 13.0. The van der Waals surface area contributed by atoms with Gasteiger partial charge in [-0.15, -0.1) is 11.8 Å². The fourth-order valence-electron chi connectivity index (χ4n) is 1.64.